The number of carbonyl (C=O) groups is 2. The number of hydrogen-bond acceptors (Lipinski definition) is 3. The van der Waals surface area contributed by atoms with Crippen molar-refractivity contribution >= 4 is 23.2 Å². The van der Waals surface area contributed by atoms with Crippen molar-refractivity contribution in [2.75, 3.05) is 23.3 Å². The highest BCUT2D eigenvalue weighted by atomic mass is 16.2. The smallest absolute Gasteiger partial charge is 0.255 e. The van der Waals surface area contributed by atoms with E-state index in [0.29, 0.717) is 11.1 Å². The van der Waals surface area contributed by atoms with E-state index in [4.69, 9.17) is 0 Å². The maximum Gasteiger partial charge on any atom is 0.255 e. The second kappa shape index (κ2) is 8.04. The Hall–Kier alpha value is -2.82. The molecule has 26 heavy (non-hydrogen) atoms. The van der Waals surface area contributed by atoms with Gasteiger partial charge in [-0.25, -0.2) is 0 Å². The minimum absolute atomic E-state index is 0.0501. The van der Waals surface area contributed by atoms with Gasteiger partial charge in [-0.3, -0.25) is 9.59 Å². The number of anilines is 2. The highest BCUT2D eigenvalue weighted by molar-refractivity contribution is 6.06. The van der Waals surface area contributed by atoms with Gasteiger partial charge in [-0.1, -0.05) is 6.07 Å². The van der Waals surface area contributed by atoms with Crippen LogP contribution in [0, 0.1) is 0 Å². The lowest BCUT2D eigenvalue weighted by Crippen LogP contribution is -2.30. The van der Waals surface area contributed by atoms with Gasteiger partial charge in [0.15, 0.2) is 0 Å². The monoisotopic (exact) mass is 351 g/mol. The van der Waals surface area contributed by atoms with Gasteiger partial charge in [-0.2, -0.15) is 0 Å². The molecule has 1 aliphatic heterocycles. The van der Waals surface area contributed by atoms with Crippen LogP contribution in [0.3, 0.4) is 0 Å². The molecule has 2 aromatic rings. The quantitative estimate of drug-likeness (QED) is 0.864. The van der Waals surface area contributed by atoms with Crippen LogP contribution >= 0.6 is 0 Å². The van der Waals surface area contributed by atoms with Crippen LogP contribution in [0.5, 0.6) is 0 Å². The molecule has 2 aromatic carbocycles. The summed E-state index contributed by atoms with van der Waals surface area (Å²) in [4.78, 5) is 27.0. The summed E-state index contributed by atoms with van der Waals surface area (Å²) in [5.41, 5.74) is 2.88. The van der Waals surface area contributed by atoms with E-state index >= 15 is 0 Å². The molecule has 0 bridgehead atoms. The average molecular weight is 351 g/mol. The first kappa shape index (κ1) is 18.0. The third-order valence-electron chi connectivity index (χ3n) is 4.40. The van der Waals surface area contributed by atoms with Gasteiger partial charge in [-0.15, -0.1) is 0 Å². The zero-order valence-corrected chi connectivity index (χ0v) is 15.3. The molecule has 1 heterocycles. The fourth-order valence-electron chi connectivity index (χ4n) is 3.08. The Labute approximate surface area is 154 Å². The van der Waals surface area contributed by atoms with Crippen molar-refractivity contribution in [1.82, 2.24) is 5.32 Å². The molecule has 0 atom stereocenters. The van der Waals surface area contributed by atoms with Gasteiger partial charge in [-0.05, 0) is 69.2 Å². The zero-order chi connectivity index (χ0) is 18.5. The summed E-state index contributed by atoms with van der Waals surface area (Å²) in [6.07, 6.45) is 2.47. The Morgan fingerprint density at radius 3 is 2.15 bits per heavy atom. The van der Waals surface area contributed by atoms with Crippen molar-refractivity contribution in [3.05, 3.63) is 59.7 Å². The van der Waals surface area contributed by atoms with Crippen LogP contribution in [0.1, 0.15) is 47.4 Å². The van der Waals surface area contributed by atoms with Crippen LogP contribution in [-0.4, -0.2) is 30.9 Å². The van der Waals surface area contributed by atoms with Crippen LogP contribution in [0.4, 0.5) is 11.4 Å². The van der Waals surface area contributed by atoms with Gasteiger partial charge in [0, 0.05) is 41.6 Å². The lowest BCUT2D eigenvalue weighted by atomic mass is 10.1. The van der Waals surface area contributed by atoms with Gasteiger partial charge in [0.25, 0.3) is 11.8 Å². The third-order valence-corrected chi connectivity index (χ3v) is 4.40. The molecular formula is C21H25N3O2. The molecule has 2 N–H and O–H groups in total. The average Bonchev–Trinajstić information content (AvgIpc) is 3.16. The van der Waals surface area contributed by atoms with E-state index < -0.39 is 0 Å². The van der Waals surface area contributed by atoms with E-state index in [0.717, 1.165) is 18.8 Å². The highest BCUT2D eigenvalue weighted by Gasteiger charge is 2.13. The van der Waals surface area contributed by atoms with Crippen molar-refractivity contribution < 1.29 is 9.59 Å². The fourth-order valence-corrected chi connectivity index (χ4v) is 3.08. The Morgan fingerprint density at radius 1 is 0.923 bits per heavy atom. The summed E-state index contributed by atoms with van der Waals surface area (Å²) < 4.78 is 0. The molecule has 0 aromatic heterocycles. The molecule has 5 heteroatoms. The largest absolute Gasteiger partial charge is 0.372 e. The van der Waals surface area contributed by atoms with E-state index in [9.17, 15) is 9.59 Å². The maximum atomic E-state index is 12.5. The van der Waals surface area contributed by atoms with Crippen molar-refractivity contribution in [2.24, 2.45) is 0 Å². The summed E-state index contributed by atoms with van der Waals surface area (Å²) in [6.45, 7) is 5.99. The number of hydrogen-bond donors (Lipinski definition) is 2. The number of nitrogens with zero attached hydrogens (tertiary/aromatic N) is 1. The molecule has 0 unspecified atom stereocenters. The first-order chi connectivity index (χ1) is 12.5. The second-order valence-electron chi connectivity index (χ2n) is 6.90. The van der Waals surface area contributed by atoms with E-state index in [1.165, 1.54) is 18.5 Å². The van der Waals surface area contributed by atoms with Crippen molar-refractivity contribution in [1.29, 1.82) is 0 Å². The van der Waals surface area contributed by atoms with Gasteiger partial charge in [0.1, 0.15) is 0 Å². The highest BCUT2D eigenvalue weighted by Crippen LogP contribution is 2.22. The molecule has 136 valence electrons. The predicted octanol–water partition coefficient (Wildman–Crippen LogP) is 3.68. The van der Waals surface area contributed by atoms with Gasteiger partial charge in [0.2, 0.25) is 0 Å². The van der Waals surface area contributed by atoms with E-state index in [2.05, 4.69) is 15.5 Å². The maximum absolute atomic E-state index is 12.5. The Kier molecular flexibility index (Phi) is 5.56. The first-order valence-electron chi connectivity index (χ1n) is 9.10. The van der Waals surface area contributed by atoms with Crippen LogP contribution < -0.4 is 15.5 Å². The summed E-state index contributed by atoms with van der Waals surface area (Å²) >= 11 is 0. The SMILES string of the molecule is CC(C)NC(=O)c1cccc(C(=O)Nc2ccc(N3CCCC3)cc2)c1. The molecule has 1 fully saturated rings. The lowest BCUT2D eigenvalue weighted by Gasteiger charge is -2.17. The molecule has 0 saturated carbocycles. The van der Waals surface area contributed by atoms with Gasteiger partial charge in [0.05, 0.1) is 0 Å². The summed E-state index contributed by atoms with van der Waals surface area (Å²) in [7, 11) is 0. The Bertz CT molecular complexity index is 778. The van der Waals surface area contributed by atoms with E-state index in [-0.39, 0.29) is 17.9 Å². The Morgan fingerprint density at radius 2 is 1.54 bits per heavy atom. The Balaban J connectivity index is 1.67. The minimum Gasteiger partial charge on any atom is -0.372 e. The molecular weight excluding hydrogens is 326 g/mol. The summed E-state index contributed by atoms with van der Waals surface area (Å²) in [6, 6.07) is 14.7. The number of nitrogens with one attached hydrogen (secondary N) is 2. The molecule has 3 rings (SSSR count). The van der Waals surface area contributed by atoms with Crippen molar-refractivity contribution in [2.45, 2.75) is 32.7 Å². The van der Waals surface area contributed by atoms with Crippen LogP contribution in [-0.2, 0) is 0 Å². The number of benzene rings is 2. The molecule has 0 aliphatic carbocycles. The topological polar surface area (TPSA) is 61.4 Å². The molecule has 1 aliphatic rings. The van der Waals surface area contributed by atoms with Crippen LogP contribution in [0.15, 0.2) is 48.5 Å². The molecule has 2 amide bonds. The van der Waals surface area contributed by atoms with Crippen LogP contribution in [0.25, 0.3) is 0 Å². The second-order valence-corrected chi connectivity index (χ2v) is 6.90. The van der Waals surface area contributed by atoms with Crippen LogP contribution in [0.2, 0.25) is 0 Å². The van der Waals surface area contributed by atoms with Crippen molar-refractivity contribution in [3.63, 3.8) is 0 Å². The molecule has 0 spiro atoms. The third kappa shape index (κ3) is 4.42. The van der Waals surface area contributed by atoms with Crippen molar-refractivity contribution in [3.8, 4) is 0 Å². The molecule has 5 nitrogen and oxygen atoms in total. The predicted molar refractivity (Wildman–Crippen MR) is 105 cm³/mol. The lowest BCUT2D eigenvalue weighted by molar-refractivity contribution is 0.0943. The van der Waals surface area contributed by atoms with Gasteiger partial charge >= 0.3 is 0 Å². The summed E-state index contributed by atoms with van der Waals surface area (Å²) in [5, 5.41) is 5.73. The zero-order valence-electron chi connectivity index (χ0n) is 15.3. The fraction of sp³-hybridized carbons (Fsp3) is 0.333. The van der Waals surface area contributed by atoms with E-state index in [1.807, 2.05) is 38.1 Å². The summed E-state index contributed by atoms with van der Waals surface area (Å²) in [5.74, 6) is -0.400. The minimum atomic E-state index is -0.224. The van der Waals surface area contributed by atoms with Gasteiger partial charge < -0.3 is 15.5 Å². The normalized spacial score (nSPS) is 13.7. The molecule has 1 saturated heterocycles. The number of amides is 2. The standard InChI is InChI=1S/C21H25N3O2/c1-15(2)22-20(25)16-6-5-7-17(14-16)21(26)23-18-8-10-19(11-9-18)24-12-3-4-13-24/h5-11,14-15H,3-4,12-13H2,1-2H3,(H,22,25)(H,23,26). The van der Waals surface area contributed by atoms with E-state index in [1.54, 1.807) is 24.3 Å². The number of rotatable bonds is 5. The number of carbonyl (C=O) groups excluding carboxylic acids is 2. The molecule has 0 radical (unpaired) electrons. The first-order valence-corrected chi connectivity index (χ1v) is 9.10.